The van der Waals surface area contributed by atoms with Gasteiger partial charge in [0.15, 0.2) is 11.6 Å². The first kappa shape index (κ1) is 27.6. The quantitative estimate of drug-likeness (QED) is 0.234. The summed E-state index contributed by atoms with van der Waals surface area (Å²) in [5, 5.41) is 0. The van der Waals surface area contributed by atoms with Gasteiger partial charge in [0.05, 0.1) is 5.56 Å². The Balaban J connectivity index is 1.41. The summed E-state index contributed by atoms with van der Waals surface area (Å²) in [7, 11) is 0. The smallest absolute Gasteiger partial charge is 0.403 e. The molecule has 1 nitrogen and oxygen atoms in total. The normalized spacial score (nSPS) is 19.9. The molecule has 0 aromatic heterocycles. The molecule has 2 aliphatic carbocycles. The van der Waals surface area contributed by atoms with Crippen LogP contribution >= 0.6 is 0 Å². The van der Waals surface area contributed by atoms with Gasteiger partial charge < -0.3 is 4.74 Å². The molecule has 0 atom stereocenters. The fourth-order valence-electron chi connectivity index (χ4n) is 5.85. The lowest BCUT2D eigenvalue weighted by atomic mass is 9.77. The van der Waals surface area contributed by atoms with Crippen LogP contribution in [0.2, 0.25) is 0 Å². The van der Waals surface area contributed by atoms with E-state index in [1.54, 1.807) is 0 Å². The van der Waals surface area contributed by atoms with E-state index in [1.807, 2.05) is 6.08 Å². The van der Waals surface area contributed by atoms with Gasteiger partial charge in [-0.2, -0.15) is 0 Å². The molecule has 2 aliphatic rings. The number of alkyl halides is 3. The van der Waals surface area contributed by atoms with Gasteiger partial charge in [-0.1, -0.05) is 76.0 Å². The number of allylic oxidation sites excluding steroid dienone is 1. The number of fused-ring (bicyclic) bond motifs is 1. The Morgan fingerprint density at radius 2 is 1.57 bits per heavy atom. The van der Waals surface area contributed by atoms with Crippen LogP contribution in [-0.2, 0) is 6.42 Å². The van der Waals surface area contributed by atoms with Crippen molar-refractivity contribution in [2.24, 2.45) is 11.8 Å². The lowest BCUT2D eigenvalue weighted by Gasteiger charge is -2.29. The third-order valence-corrected chi connectivity index (χ3v) is 7.91. The number of hydrogen-bond acceptors (Lipinski definition) is 1. The maximum Gasteiger partial charge on any atom is 0.573 e. The number of hydrogen-bond donors (Lipinski definition) is 0. The maximum absolute atomic E-state index is 15.4. The summed E-state index contributed by atoms with van der Waals surface area (Å²) in [5.74, 6) is -2.49. The molecule has 4 rings (SSSR count). The topological polar surface area (TPSA) is 9.23 Å². The Kier molecular flexibility index (Phi) is 8.91. The zero-order valence-electron chi connectivity index (χ0n) is 21.2. The molecule has 0 heterocycles. The summed E-state index contributed by atoms with van der Waals surface area (Å²) in [4.78, 5) is 0. The lowest BCUT2D eigenvalue weighted by molar-refractivity contribution is -0.275. The van der Waals surface area contributed by atoms with Gasteiger partial charge in [0.25, 0.3) is 0 Å². The van der Waals surface area contributed by atoms with E-state index in [-0.39, 0.29) is 5.56 Å². The Hall–Kier alpha value is -2.44. The zero-order chi connectivity index (χ0) is 26.6. The maximum atomic E-state index is 15.4. The third-order valence-electron chi connectivity index (χ3n) is 7.91. The molecular formula is C30H34F6O. The molecule has 0 bridgehead atoms. The second-order valence-electron chi connectivity index (χ2n) is 10.5. The zero-order valence-corrected chi connectivity index (χ0v) is 21.2. The van der Waals surface area contributed by atoms with E-state index in [2.05, 4.69) is 11.7 Å². The molecule has 0 amide bonds. The average molecular weight is 525 g/mol. The highest BCUT2D eigenvalue weighted by Crippen LogP contribution is 2.39. The van der Waals surface area contributed by atoms with Gasteiger partial charge in [-0.25, -0.2) is 13.2 Å². The predicted molar refractivity (Wildman–Crippen MR) is 134 cm³/mol. The van der Waals surface area contributed by atoms with E-state index < -0.39 is 35.1 Å². The van der Waals surface area contributed by atoms with E-state index in [0.717, 1.165) is 30.9 Å². The van der Waals surface area contributed by atoms with Crippen molar-refractivity contribution in [3.8, 4) is 16.9 Å². The summed E-state index contributed by atoms with van der Waals surface area (Å²) in [6, 6.07) is 3.66. The minimum absolute atomic E-state index is 0.176. The monoisotopic (exact) mass is 524 g/mol. The van der Waals surface area contributed by atoms with E-state index in [1.165, 1.54) is 63.0 Å². The van der Waals surface area contributed by atoms with Crippen LogP contribution in [0.25, 0.3) is 17.2 Å². The largest absolute Gasteiger partial charge is 0.573 e. The van der Waals surface area contributed by atoms with Crippen molar-refractivity contribution in [1.82, 2.24) is 0 Å². The first-order valence-corrected chi connectivity index (χ1v) is 13.4. The van der Waals surface area contributed by atoms with Crippen LogP contribution in [0.4, 0.5) is 26.3 Å². The van der Waals surface area contributed by atoms with Gasteiger partial charge in [0.2, 0.25) is 0 Å². The van der Waals surface area contributed by atoms with E-state index in [0.29, 0.717) is 36.0 Å². The summed E-state index contributed by atoms with van der Waals surface area (Å²) >= 11 is 0. The minimum atomic E-state index is -5.07. The average Bonchev–Trinajstić information content (AvgIpc) is 2.84. The Labute approximate surface area is 214 Å². The second kappa shape index (κ2) is 12.0. The van der Waals surface area contributed by atoms with Gasteiger partial charge >= 0.3 is 6.36 Å². The third kappa shape index (κ3) is 7.11. The van der Waals surface area contributed by atoms with Gasteiger partial charge in [-0.3, -0.25) is 0 Å². The molecule has 202 valence electrons. The summed E-state index contributed by atoms with van der Waals surface area (Å²) in [5.41, 5.74) is 1.40. The SMILES string of the molecule is CCCCCC1CCC(CCC2=Cc3cc(F)c(-c4ccc(OC(F)(F)F)c(F)c4)c(F)c3CC2)CC1. The number of unbranched alkanes of at least 4 members (excludes halogenated alkanes) is 2. The van der Waals surface area contributed by atoms with Gasteiger partial charge in [-0.15, -0.1) is 13.2 Å². The first-order valence-electron chi connectivity index (χ1n) is 13.4. The highest BCUT2D eigenvalue weighted by molar-refractivity contribution is 5.71. The summed E-state index contributed by atoms with van der Waals surface area (Å²) in [6.07, 6.45) is 10.3. The van der Waals surface area contributed by atoms with Crippen molar-refractivity contribution in [3.05, 3.63) is 58.4 Å². The number of benzene rings is 2. The molecule has 1 saturated carbocycles. The van der Waals surface area contributed by atoms with Crippen LogP contribution in [0, 0.1) is 29.3 Å². The Morgan fingerprint density at radius 3 is 2.22 bits per heavy atom. The van der Waals surface area contributed by atoms with Crippen molar-refractivity contribution in [2.75, 3.05) is 0 Å². The fraction of sp³-hybridized carbons (Fsp3) is 0.533. The molecule has 0 aliphatic heterocycles. The molecule has 2 aromatic rings. The molecule has 0 radical (unpaired) electrons. The highest BCUT2D eigenvalue weighted by Gasteiger charge is 2.32. The molecular weight excluding hydrogens is 490 g/mol. The Morgan fingerprint density at radius 1 is 0.865 bits per heavy atom. The van der Waals surface area contributed by atoms with E-state index in [4.69, 9.17) is 0 Å². The van der Waals surface area contributed by atoms with Crippen LogP contribution in [0.1, 0.15) is 88.7 Å². The Bertz CT molecular complexity index is 1110. The van der Waals surface area contributed by atoms with Crippen molar-refractivity contribution >= 4 is 6.08 Å². The summed E-state index contributed by atoms with van der Waals surface area (Å²) in [6.45, 7) is 2.23. The predicted octanol–water partition coefficient (Wildman–Crippen LogP) is 10.2. The summed E-state index contributed by atoms with van der Waals surface area (Å²) < 4.78 is 85.3. The van der Waals surface area contributed by atoms with Gasteiger partial charge in [0, 0.05) is 0 Å². The molecule has 1 fully saturated rings. The molecule has 0 saturated heterocycles. The van der Waals surface area contributed by atoms with Crippen LogP contribution < -0.4 is 4.74 Å². The van der Waals surface area contributed by atoms with Gasteiger partial charge in [0.1, 0.15) is 11.6 Å². The molecule has 2 aromatic carbocycles. The second-order valence-corrected chi connectivity index (χ2v) is 10.5. The van der Waals surface area contributed by atoms with Crippen LogP contribution in [0.15, 0.2) is 29.8 Å². The van der Waals surface area contributed by atoms with Crippen molar-refractivity contribution < 1.29 is 31.1 Å². The molecule has 0 N–H and O–H groups in total. The number of rotatable bonds is 9. The van der Waals surface area contributed by atoms with Crippen molar-refractivity contribution in [1.29, 1.82) is 0 Å². The van der Waals surface area contributed by atoms with Crippen LogP contribution in [0.5, 0.6) is 5.75 Å². The standard InChI is InChI=1S/C30H34F6O/c1-2-3-4-5-19-6-8-20(9-7-19)10-11-21-12-14-24-23(16-21)18-26(32)28(29(24)33)22-13-15-27(25(31)17-22)37-30(34,35)36/h13,15-20H,2-12,14H2,1H3. The fourth-order valence-corrected chi connectivity index (χ4v) is 5.85. The van der Waals surface area contributed by atoms with Crippen LogP contribution in [-0.4, -0.2) is 6.36 Å². The molecule has 0 spiro atoms. The van der Waals surface area contributed by atoms with Gasteiger partial charge in [-0.05, 0) is 72.4 Å². The highest BCUT2D eigenvalue weighted by atomic mass is 19.4. The van der Waals surface area contributed by atoms with E-state index in [9.17, 15) is 22.0 Å². The van der Waals surface area contributed by atoms with Crippen molar-refractivity contribution in [2.45, 2.75) is 90.3 Å². The first-order chi connectivity index (χ1) is 17.6. The number of ether oxygens (including phenoxy) is 1. The molecule has 37 heavy (non-hydrogen) atoms. The molecule has 7 heteroatoms. The van der Waals surface area contributed by atoms with Crippen molar-refractivity contribution in [3.63, 3.8) is 0 Å². The lowest BCUT2D eigenvalue weighted by Crippen LogP contribution is -2.18. The van der Waals surface area contributed by atoms with Crippen LogP contribution in [0.3, 0.4) is 0 Å². The number of halogens is 6. The minimum Gasteiger partial charge on any atom is -0.403 e. The molecule has 0 unspecified atom stereocenters. The van der Waals surface area contributed by atoms with E-state index >= 15 is 4.39 Å².